The van der Waals surface area contributed by atoms with E-state index in [4.69, 9.17) is 24.4 Å². The lowest BCUT2D eigenvalue weighted by Crippen LogP contribution is -2.47. The SMILES string of the molecule is O=C(C(=O)[C@@H](O)C(O)S(=O)(=O)O)C(O)S(=O)(=O)O. The van der Waals surface area contributed by atoms with E-state index in [1.165, 1.54) is 0 Å². The molecular weight excluding hydrogens is 300 g/mol. The first kappa shape index (κ1) is 17.0. The Morgan fingerprint density at radius 2 is 1.17 bits per heavy atom. The fourth-order valence-electron chi connectivity index (χ4n) is 0.695. The maximum Gasteiger partial charge on any atom is 0.300 e. The molecule has 0 rings (SSSR count). The molecule has 0 saturated heterocycles. The predicted octanol–water partition coefficient (Wildman–Crippen LogP) is -4.10. The van der Waals surface area contributed by atoms with Crippen LogP contribution in [-0.4, -0.2) is 69.8 Å². The number of carbonyl (C=O) groups excluding carboxylic acids is 2. The fourth-order valence-corrected chi connectivity index (χ4v) is 1.53. The Labute approximate surface area is 100 Å². The van der Waals surface area contributed by atoms with E-state index in [0.29, 0.717) is 0 Å². The summed E-state index contributed by atoms with van der Waals surface area (Å²) in [7, 11) is -10.7. The zero-order valence-electron chi connectivity index (χ0n) is 8.23. The lowest BCUT2D eigenvalue weighted by atomic mass is 10.1. The van der Waals surface area contributed by atoms with Crippen LogP contribution >= 0.6 is 0 Å². The number of ketones is 2. The Morgan fingerprint density at radius 3 is 1.44 bits per heavy atom. The normalized spacial score (nSPS) is 17.8. The van der Waals surface area contributed by atoms with Crippen molar-refractivity contribution >= 4 is 31.8 Å². The van der Waals surface area contributed by atoms with Crippen molar-refractivity contribution in [3.05, 3.63) is 0 Å². The van der Waals surface area contributed by atoms with Crippen LogP contribution in [0.2, 0.25) is 0 Å². The molecular formula is C5H8O11S2. The van der Waals surface area contributed by atoms with E-state index < -0.39 is 48.8 Å². The summed E-state index contributed by atoms with van der Waals surface area (Å²) in [6.45, 7) is 0. The van der Waals surface area contributed by atoms with Crippen LogP contribution in [-0.2, 0) is 29.8 Å². The smallest absolute Gasteiger partial charge is 0.300 e. The summed E-state index contributed by atoms with van der Waals surface area (Å²) in [6.07, 6.45) is -3.02. The molecule has 11 nitrogen and oxygen atoms in total. The van der Waals surface area contributed by atoms with Crippen molar-refractivity contribution in [1.29, 1.82) is 0 Å². The molecule has 3 atom stereocenters. The van der Waals surface area contributed by atoms with Crippen molar-refractivity contribution in [1.82, 2.24) is 0 Å². The van der Waals surface area contributed by atoms with Crippen LogP contribution in [0.15, 0.2) is 0 Å². The summed E-state index contributed by atoms with van der Waals surface area (Å²) in [4.78, 5) is 21.8. The molecule has 0 aliphatic carbocycles. The van der Waals surface area contributed by atoms with Gasteiger partial charge in [0.25, 0.3) is 20.2 Å². The number of rotatable bonds is 6. The number of aliphatic hydroxyl groups is 3. The minimum absolute atomic E-state index is 2.23. The predicted molar refractivity (Wildman–Crippen MR) is 51.1 cm³/mol. The first-order valence-electron chi connectivity index (χ1n) is 3.85. The molecule has 2 unspecified atom stereocenters. The van der Waals surface area contributed by atoms with Gasteiger partial charge in [-0.1, -0.05) is 0 Å². The molecule has 0 amide bonds. The monoisotopic (exact) mass is 308 g/mol. The molecule has 106 valence electrons. The van der Waals surface area contributed by atoms with Crippen LogP contribution in [0, 0.1) is 0 Å². The summed E-state index contributed by atoms with van der Waals surface area (Å²) < 4.78 is 57.7. The molecule has 0 fully saturated rings. The quantitative estimate of drug-likeness (QED) is 0.235. The van der Waals surface area contributed by atoms with Crippen LogP contribution in [0.4, 0.5) is 0 Å². The van der Waals surface area contributed by atoms with Gasteiger partial charge in [0.2, 0.25) is 22.4 Å². The van der Waals surface area contributed by atoms with Crippen LogP contribution in [0.3, 0.4) is 0 Å². The summed E-state index contributed by atoms with van der Waals surface area (Å²) in [5.74, 6) is -4.52. The van der Waals surface area contributed by atoms with E-state index in [0.717, 1.165) is 0 Å². The molecule has 0 aliphatic heterocycles. The van der Waals surface area contributed by atoms with Crippen LogP contribution in [0.1, 0.15) is 0 Å². The summed E-state index contributed by atoms with van der Waals surface area (Å²) in [5.41, 5.74) is -6.35. The van der Waals surface area contributed by atoms with Gasteiger partial charge in [-0.2, -0.15) is 16.8 Å². The van der Waals surface area contributed by atoms with Gasteiger partial charge >= 0.3 is 0 Å². The van der Waals surface area contributed by atoms with E-state index in [9.17, 15) is 26.4 Å². The molecule has 0 aromatic rings. The molecule has 0 spiro atoms. The highest BCUT2D eigenvalue weighted by Gasteiger charge is 2.42. The Balaban J connectivity index is 5.16. The van der Waals surface area contributed by atoms with Gasteiger partial charge in [-0.15, -0.1) is 0 Å². The molecule has 0 saturated carbocycles. The van der Waals surface area contributed by atoms with Gasteiger partial charge in [-0.25, -0.2) is 0 Å². The zero-order valence-corrected chi connectivity index (χ0v) is 9.87. The van der Waals surface area contributed by atoms with E-state index in [-0.39, 0.29) is 0 Å². The largest absolute Gasteiger partial charge is 0.381 e. The second kappa shape index (κ2) is 5.35. The summed E-state index contributed by atoms with van der Waals surface area (Å²) in [5, 5.41) is 26.2. The highest BCUT2D eigenvalue weighted by molar-refractivity contribution is 7.87. The Morgan fingerprint density at radius 1 is 0.778 bits per heavy atom. The second-order valence-electron chi connectivity index (χ2n) is 2.95. The molecule has 0 aromatic carbocycles. The third-order valence-electron chi connectivity index (χ3n) is 1.59. The average Bonchev–Trinajstić information content (AvgIpc) is 2.21. The van der Waals surface area contributed by atoms with Gasteiger partial charge in [0.1, 0.15) is 0 Å². The van der Waals surface area contributed by atoms with Crippen LogP contribution in [0.25, 0.3) is 0 Å². The van der Waals surface area contributed by atoms with Crippen molar-refractivity contribution in [2.45, 2.75) is 17.0 Å². The third kappa shape index (κ3) is 4.05. The number of carbonyl (C=O) groups is 2. The lowest BCUT2D eigenvalue weighted by molar-refractivity contribution is -0.146. The molecule has 0 aromatic heterocycles. The molecule has 18 heavy (non-hydrogen) atoms. The standard InChI is InChI=1S/C5H8O11S2/c6-1(2(7)4(9)17(11,12)13)3(8)5(10)18(14,15)16/h2,4-5,7,9-10H,(H,11,12,13)(H,14,15,16)/t2-,4?,5?/m1/s1. The molecule has 13 heteroatoms. The van der Waals surface area contributed by atoms with E-state index in [1.807, 2.05) is 0 Å². The Hall–Kier alpha value is -0.960. The van der Waals surface area contributed by atoms with Gasteiger partial charge in [0.05, 0.1) is 0 Å². The van der Waals surface area contributed by atoms with E-state index >= 15 is 0 Å². The summed E-state index contributed by atoms with van der Waals surface area (Å²) >= 11 is 0. The minimum atomic E-state index is -5.36. The van der Waals surface area contributed by atoms with Crippen molar-refractivity contribution in [2.75, 3.05) is 0 Å². The van der Waals surface area contributed by atoms with Gasteiger partial charge in [-0.05, 0) is 0 Å². The van der Waals surface area contributed by atoms with Crippen molar-refractivity contribution in [2.24, 2.45) is 0 Å². The first-order valence-corrected chi connectivity index (χ1v) is 6.85. The Bertz CT molecular complexity index is 542. The molecule has 5 N–H and O–H groups in total. The Kier molecular flexibility index (Phi) is 5.07. The first-order chi connectivity index (χ1) is 7.80. The van der Waals surface area contributed by atoms with Gasteiger partial charge in [0.15, 0.2) is 6.10 Å². The van der Waals surface area contributed by atoms with Crippen molar-refractivity contribution < 1.29 is 50.8 Å². The maximum absolute atomic E-state index is 10.9. The summed E-state index contributed by atoms with van der Waals surface area (Å²) in [6, 6.07) is 0. The molecule has 0 aliphatic rings. The number of aliphatic hydroxyl groups excluding tert-OH is 3. The van der Waals surface area contributed by atoms with E-state index in [1.54, 1.807) is 0 Å². The van der Waals surface area contributed by atoms with Gasteiger partial charge < -0.3 is 15.3 Å². The second-order valence-corrected chi connectivity index (χ2v) is 5.94. The third-order valence-corrected chi connectivity index (χ3v) is 3.24. The van der Waals surface area contributed by atoms with Crippen LogP contribution < -0.4 is 0 Å². The van der Waals surface area contributed by atoms with Gasteiger partial charge in [0, 0.05) is 0 Å². The lowest BCUT2D eigenvalue weighted by Gasteiger charge is -2.14. The highest BCUT2D eigenvalue weighted by atomic mass is 32.2. The maximum atomic E-state index is 10.9. The molecule has 0 heterocycles. The van der Waals surface area contributed by atoms with Crippen LogP contribution in [0.5, 0.6) is 0 Å². The molecule has 0 radical (unpaired) electrons. The average molecular weight is 308 g/mol. The van der Waals surface area contributed by atoms with Crippen molar-refractivity contribution in [3.63, 3.8) is 0 Å². The molecule has 0 bridgehead atoms. The number of Topliss-reactive ketones (excluding diaryl/α,β-unsaturated/α-hetero) is 2. The number of hydrogen-bond donors (Lipinski definition) is 5. The topological polar surface area (TPSA) is 204 Å². The highest BCUT2D eigenvalue weighted by Crippen LogP contribution is 2.06. The van der Waals surface area contributed by atoms with Crippen molar-refractivity contribution in [3.8, 4) is 0 Å². The van der Waals surface area contributed by atoms with E-state index in [2.05, 4.69) is 0 Å². The minimum Gasteiger partial charge on any atom is -0.381 e. The van der Waals surface area contributed by atoms with Gasteiger partial charge in [-0.3, -0.25) is 18.7 Å². The fraction of sp³-hybridized carbons (Fsp3) is 0.600. The number of hydrogen-bond acceptors (Lipinski definition) is 9. The zero-order chi connectivity index (χ0) is 14.9.